The number of carbonyl (C=O) groups is 1. The Hall–Kier alpha value is -2.35. The summed E-state index contributed by atoms with van der Waals surface area (Å²) in [6.07, 6.45) is 1.72. The van der Waals surface area contributed by atoms with Crippen LogP contribution >= 0.6 is 0 Å². The van der Waals surface area contributed by atoms with Gasteiger partial charge in [-0.25, -0.2) is 0 Å². The molecule has 8 heteroatoms. The molecule has 0 aliphatic heterocycles. The third kappa shape index (κ3) is 5.41. The summed E-state index contributed by atoms with van der Waals surface area (Å²) in [6.45, 7) is 2.99. The van der Waals surface area contributed by atoms with Crippen molar-refractivity contribution in [3.05, 3.63) is 27.8 Å². The molecule has 0 heterocycles. The van der Waals surface area contributed by atoms with Gasteiger partial charge in [-0.05, 0) is 6.42 Å². The lowest BCUT2D eigenvalue weighted by molar-refractivity contribution is -0.385. The lowest BCUT2D eigenvalue weighted by atomic mass is 10.1. The molecular weight excluding hydrogens is 304 g/mol. The van der Waals surface area contributed by atoms with Gasteiger partial charge in [-0.2, -0.15) is 0 Å². The smallest absolute Gasteiger partial charge is 0.286 e. The number of hydrogen-bond acceptors (Lipinski definition) is 6. The van der Waals surface area contributed by atoms with Gasteiger partial charge < -0.3 is 19.5 Å². The molecule has 0 fully saturated rings. The number of ether oxygens (including phenoxy) is 3. The van der Waals surface area contributed by atoms with E-state index in [4.69, 9.17) is 14.2 Å². The lowest BCUT2D eigenvalue weighted by Gasteiger charge is -2.12. The minimum atomic E-state index is -0.614. The average molecular weight is 326 g/mol. The SMILES string of the molecule is CCCCNC(=O)c1cc(OC)c(OCCOC)cc1[N+](=O)[O-]. The van der Waals surface area contributed by atoms with Crippen LogP contribution in [0.2, 0.25) is 0 Å². The van der Waals surface area contributed by atoms with Crippen LogP contribution < -0.4 is 14.8 Å². The fourth-order valence-electron chi connectivity index (χ4n) is 1.86. The van der Waals surface area contributed by atoms with Crippen molar-refractivity contribution in [2.75, 3.05) is 34.0 Å². The van der Waals surface area contributed by atoms with Gasteiger partial charge in [0, 0.05) is 19.7 Å². The second-order valence-electron chi connectivity index (χ2n) is 4.73. The average Bonchev–Trinajstić information content (AvgIpc) is 2.54. The summed E-state index contributed by atoms with van der Waals surface area (Å²) in [4.78, 5) is 22.8. The van der Waals surface area contributed by atoms with E-state index in [9.17, 15) is 14.9 Å². The van der Waals surface area contributed by atoms with Crippen LogP contribution in [0, 0.1) is 10.1 Å². The Kier molecular flexibility index (Phi) is 7.82. The van der Waals surface area contributed by atoms with Crippen molar-refractivity contribution in [3.63, 3.8) is 0 Å². The topological polar surface area (TPSA) is 99.9 Å². The van der Waals surface area contributed by atoms with Gasteiger partial charge in [-0.3, -0.25) is 14.9 Å². The zero-order valence-corrected chi connectivity index (χ0v) is 13.6. The second kappa shape index (κ2) is 9.62. The van der Waals surface area contributed by atoms with E-state index in [0.717, 1.165) is 12.8 Å². The first-order valence-electron chi connectivity index (χ1n) is 7.31. The van der Waals surface area contributed by atoms with Crippen LogP contribution in [0.4, 0.5) is 5.69 Å². The summed E-state index contributed by atoms with van der Waals surface area (Å²) < 4.78 is 15.4. The monoisotopic (exact) mass is 326 g/mol. The molecular formula is C15H22N2O6. The Morgan fingerprint density at radius 2 is 2.00 bits per heavy atom. The fourth-order valence-corrected chi connectivity index (χ4v) is 1.86. The van der Waals surface area contributed by atoms with Crippen molar-refractivity contribution in [1.29, 1.82) is 0 Å². The van der Waals surface area contributed by atoms with Gasteiger partial charge in [0.25, 0.3) is 11.6 Å². The van der Waals surface area contributed by atoms with Crippen molar-refractivity contribution < 1.29 is 23.9 Å². The number of nitro groups is 1. The Labute approximate surface area is 134 Å². The molecule has 8 nitrogen and oxygen atoms in total. The number of carbonyl (C=O) groups excluding carboxylic acids is 1. The third-order valence-electron chi connectivity index (χ3n) is 3.08. The molecule has 128 valence electrons. The van der Waals surface area contributed by atoms with Gasteiger partial charge in [0.1, 0.15) is 12.2 Å². The largest absolute Gasteiger partial charge is 0.493 e. The van der Waals surface area contributed by atoms with Gasteiger partial charge in [-0.15, -0.1) is 0 Å². The van der Waals surface area contributed by atoms with Crippen LogP contribution in [0.1, 0.15) is 30.1 Å². The maximum absolute atomic E-state index is 12.2. The number of rotatable bonds is 10. The zero-order chi connectivity index (χ0) is 17.2. The van der Waals surface area contributed by atoms with Crippen LogP contribution in [0.15, 0.2) is 12.1 Å². The highest BCUT2D eigenvalue weighted by molar-refractivity contribution is 5.99. The summed E-state index contributed by atoms with van der Waals surface area (Å²) in [5.74, 6) is -0.0550. The predicted molar refractivity (Wildman–Crippen MR) is 84.3 cm³/mol. The van der Waals surface area contributed by atoms with E-state index in [0.29, 0.717) is 13.2 Å². The Morgan fingerprint density at radius 1 is 1.26 bits per heavy atom. The van der Waals surface area contributed by atoms with E-state index in [1.807, 2.05) is 6.92 Å². The molecule has 1 aromatic rings. The number of unbranched alkanes of at least 4 members (excludes halogenated alkanes) is 1. The number of hydrogen-bond donors (Lipinski definition) is 1. The van der Waals surface area contributed by atoms with E-state index >= 15 is 0 Å². The molecule has 1 aromatic carbocycles. The minimum Gasteiger partial charge on any atom is -0.493 e. The van der Waals surface area contributed by atoms with Crippen LogP contribution in [0.5, 0.6) is 11.5 Å². The van der Waals surface area contributed by atoms with Crippen molar-refractivity contribution in [1.82, 2.24) is 5.32 Å². The number of nitrogens with one attached hydrogen (secondary N) is 1. The highest BCUT2D eigenvalue weighted by Crippen LogP contribution is 2.34. The van der Waals surface area contributed by atoms with E-state index in [-0.39, 0.29) is 29.4 Å². The number of benzene rings is 1. The molecule has 1 amide bonds. The summed E-state index contributed by atoms with van der Waals surface area (Å²) in [5, 5.41) is 13.9. The van der Waals surface area contributed by atoms with Crippen molar-refractivity contribution in [2.24, 2.45) is 0 Å². The molecule has 0 saturated carbocycles. The van der Waals surface area contributed by atoms with Crippen molar-refractivity contribution in [3.8, 4) is 11.5 Å². The van der Waals surface area contributed by atoms with Gasteiger partial charge in [-0.1, -0.05) is 13.3 Å². The molecule has 0 aliphatic carbocycles. The minimum absolute atomic E-state index is 0.0537. The van der Waals surface area contributed by atoms with Gasteiger partial charge >= 0.3 is 0 Å². The molecule has 0 aliphatic rings. The molecule has 1 rings (SSSR count). The van der Waals surface area contributed by atoms with Crippen molar-refractivity contribution in [2.45, 2.75) is 19.8 Å². The van der Waals surface area contributed by atoms with E-state index in [1.165, 1.54) is 26.4 Å². The molecule has 0 aromatic heterocycles. The van der Waals surface area contributed by atoms with Crippen LogP contribution in [-0.2, 0) is 4.74 Å². The number of methoxy groups -OCH3 is 2. The molecule has 23 heavy (non-hydrogen) atoms. The Balaban J connectivity index is 3.09. The molecule has 1 N–H and O–H groups in total. The van der Waals surface area contributed by atoms with Gasteiger partial charge in [0.15, 0.2) is 11.5 Å². The summed E-state index contributed by atoms with van der Waals surface area (Å²) >= 11 is 0. The molecule has 0 radical (unpaired) electrons. The molecule has 0 atom stereocenters. The van der Waals surface area contributed by atoms with E-state index in [1.54, 1.807) is 0 Å². The maximum atomic E-state index is 12.2. The van der Waals surface area contributed by atoms with Crippen LogP contribution in [-0.4, -0.2) is 44.8 Å². The first-order chi connectivity index (χ1) is 11.0. The quantitative estimate of drug-likeness (QED) is 0.402. The maximum Gasteiger partial charge on any atom is 0.286 e. The van der Waals surface area contributed by atoms with Crippen molar-refractivity contribution >= 4 is 11.6 Å². The van der Waals surface area contributed by atoms with Gasteiger partial charge in [0.05, 0.1) is 24.7 Å². The normalized spacial score (nSPS) is 10.2. The standard InChI is InChI=1S/C15H22N2O6/c1-4-5-6-16-15(18)11-9-13(22-3)14(23-8-7-21-2)10-12(11)17(19)20/h9-10H,4-8H2,1-3H3,(H,16,18). The molecule has 0 bridgehead atoms. The highest BCUT2D eigenvalue weighted by Gasteiger charge is 2.24. The molecule has 0 saturated heterocycles. The second-order valence-corrected chi connectivity index (χ2v) is 4.73. The number of nitrogens with zero attached hydrogens (tertiary/aromatic N) is 1. The lowest BCUT2D eigenvalue weighted by Crippen LogP contribution is -2.25. The van der Waals surface area contributed by atoms with Gasteiger partial charge in [0.2, 0.25) is 0 Å². The Morgan fingerprint density at radius 3 is 2.57 bits per heavy atom. The highest BCUT2D eigenvalue weighted by atomic mass is 16.6. The molecule has 0 spiro atoms. The third-order valence-corrected chi connectivity index (χ3v) is 3.08. The number of nitro benzene ring substituents is 1. The van der Waals surface area contributed by atoms with E-state index < -0.39 is 10.8 Å². The first kappa shape index (κ1) is 18.7. The summed E-state index contributed by atoms with van der Waals surface area (Å²) in [7, 11) is 2.93. The van der Waals surface area contributed by atoms with E-state index in [2.05, 4.69) is 5.32 Å². The zero-order valence-electron chi connectivity index (χ0n) is 13.6. The first-order valence-corrected chi connectivity index (χ1v) is 7.31. The molecule has 0 unspecified atom stereocenters. The van der Waals surface area contributed by atoms with Crippen LogP contribution in [0.25, 0.3) is 0 Å². The number of amides is 1. The summed E-state index contributed by atoms with van der Waals surface area (Å²) in [6, 6.07) is 2.52. The Bertz CT molecular complexity index is 547. The summed E-state index contributed by atoms with van der Waals surface area (Å²) in [5.41, 5.74) is -0.380. The van der Waals surface area contributed by atoms with Crippen LogP contribution in [0.3, 0.4) is 0 Å². The fraction of sp³-hybridized carbons (Fsp3) is 0.533. The predicted octanol–water partition coefficient (Wildman–Crippen LogP) is 2.16.